The molecule has 0 aromatic heterocycles. The fraction of sp³-hybridized carbons (Fsp3) is 0.600. The largest absolute Gasteiger partial charge is 0.494 e. The molecule has 2 nitrogen and oxygen atoms in total. The van der Waals surface area contributed by atoms with E-state index in [0.29, 0.717) is 6.04 Å². The van der Waals surface area contributed by atoms with Crippen molar-refractivity contribution >= 4 is 11.8 Å². The third kappa shape index (κ3) is 3.42. The summed E-state index contributed by atoms with van der Waals surface area (Å²) in [6.45, 7) is 0.828. The molecule has 1 unspecified atom stereocenters. The van der Waals surface area contributed by atoms with Gasteiger partial charge in [0.2, 0.25) is 0 Å². The third-order valence-electron chi connectivity index (χ3n) is 3.54. The monoisotopic (exact) mass is 265 g/mol. The van der Waals surface area contributed by atoms with Gasteiger partial charge < -0.3 is 10.1 Å². The Balaban J connectivity index is 1.98. The van der Waals surface area contributed by atoms with Crippen LogP contribution in [0.1, 0.15) is 36.4 Å². The number of nitrogens with one attached hydrogen (secondary N) is 1. The van der Waals surface area contributed by atoms with Crippen LogP contribution in [0.5, 0.6) is 5.75 Å². The van der Waals surface area contributed by atoms with Gasteiger partial charge in [0.05, 0.1) is 6.61 Å². The van der Waals surface area contributed by atoms with Gasteiger partial charge in [-0.3, -0.25) is 0 Å². The maximum absolute atomic E-state index is 5.81. The van der Waals surface area contributed by atoms with Gasteiger partial charge in [-0.2, -0.15) is 11.8 Å². The Bertz CT molecular complexity index is 381. The van der Waals surface area contributed by atoms with Crippen molar-refractivity contribution in [2.24, 2.45) is 0 Å². The second kappa shape index (κ2) is 7.05. The second-order valence-electron chi connectivity index (χ2n) is 4.79. The first-order chi connectivity index (χ1) is 8.85. The van der Waals surface area contributed by atoms with Crippen molar-refractivity contribution in [2.75, 3.05) is 25.7 Å². The number of thioether (sulfide) groups is 1. The first kappa shape index (κ1) is 13.8. The van der Waals surface area contributed by atoms with Crippen LogP contribution >= 0.6 is 11.8 Å². The van der Waals surface area contributed by atoms with Gasteiger partial charge in [0, 0.05) is 6.04 Å². The number of ether oxygens (including phenoxy) is 1. The zero-order valence-electron chi connectivity index (χ0n) is 11.4. The smallest absolute Gasteiger partial charge is 0.119 e. The summed E-state index contributed by atoms with van der Waals surface area (Å²) < 4.78 is 5.81. The van der Waals surface area contributed by atoms with E-state index >= 15 is 0 Å². The lowest BCUT2D eigenvalue weighted by Crippen LogP contribution is -2.21. The van der Waals surface area contributed by atoms with Crippen molar-refractivity contribution in [1.29, 1.82) is 0 Å². The Labute approximate surface area is 114 Å². The summed E-state index contributed by atoms with van der Waals surface area (Å²) in [4.78, 5) is 0. The van der Waals surface area contributed by atoms with E-state index in [-0.39, 0.29) is 0 Å². The molecule has 0 spiro atoms. The predicted octanol–water partition coefficient (Wildman–Crippen LogP) is 3.42. The van der Waals surface area contributed by atoms with Crippen LogP contribution in [0.25, 0.3) is 0 Å². The molecule has 2 rings (SSSR count). The average molecular weight is 265 g/mol. The van der Waals surface area contributed by atoms with Crippen molar-refractivity contribution in [2.45, 2.75) is 31.7 Å². The third-order valence-corrected chi connectivity index (χ3v) is 4.24. The summed E-state index contributed by atoms with van der Waals surface area (Å²) in [5, 5.41) is 3.40. The van der Waals surface area contributed by atoms with Gasteiger partial charge in [-0.25, -0.2) is 0 Å². The zero-order chi connectivity index (χ0) is 12.8. The minimum Gasteiger partial charge on any atom is -0.494 e. The first-order valence-electron chi connectivity index (χ1n) is 6.77. The molecule has 0 amide bonds. The van der Waals surface area contributed by atoms with E-state index in [1.54, 1.807) is 0 Å². The lowest BCUT2D eigenvalue weighted by atomic mass is 9.87. The molecular weight excluding hydrogens is 242 g/mol. The quantitative estimate of drug-likeness (QED) is 0.796. The highest BCUT2D eigenvalue weighted by Gasteiger charge is 2.18. The molecule has 0 saturated heterocycles. The van der Waals surface area contributed by atoms with E-state index in [9.17, 15) is 0 Å². The number of hydrogen-bond acceptors (Lipinski definition) is 3. The second-order valence-corrected chi connectivity index (χ2v) is 5.77. The van der Waals surface area contributed by atoms with Crippen LogP contribution in [0, 0.1) is 0 Å². The Hall–Kier alpha value is -0.670. The van der Waals surface area contributed by atoms with Crippen LogP contribution in [0.15, 0.2) is 18.2 Å². The SMILES string of the molecule is CNC1CCCc2cc(OCCCSC)ccc21. The molecule has 1 atom stereocenters. The molecule has 1 aliphatic carbocycles. The maximum atomic E-state index is 5.81. The van der Waals surface area contributed by atoms with E-state index in [0.717, 1.165) is 18.8 Å². The van der Waals surface area contributed by atoms with Crippen LogP contribution in [-0.2, 0) is 6.42 Å². The number of benzene rings is 1. The lowest BCUT2D eigenvalue weighted by Gasteiger charge is -2.25. The van der Waals surface area contributed by atoms with Crippen LogP contribution < -0.4 is 10.1 Å². The molecule has 0 heterocycles. The molecule has 0 radical (unpaired) electrons. The molecule has 1 N–H and O–H groups in total. The van der Waals surface area contributed by atoms with E-state index in [1.807, 2.05) is 18.8 Å². The number of hydrogen-bond donors (Lipinski definition) is 1. The van der Waals surface area contributed by atoms with Crippen LogP contribution in [-0.4, -0.2) is 25.7 Å². The van der Waals surface area contributed by atoms with Crippen molar-refractivity contribution in [1.82, 2.24) is 5.32 Å². The Morgan fingerprint density at radius 1 is 1.44 bits per heavy atom. The number of aryl methyl sites for hydroxylation is 1. The van der Waals surface area contributed by atoms with Gasteiger partial charge in [-0.05, 0) is 68.0 Å². The van der Waals surface area contributed by atoms with E-state index in [2.05, 4.69) is 29.8 Å². The molecule has 1 aromatic carbocycles. The van der Waals surface area contributed by atoms with Gasteiger partial charge in [-0.1, -0.05) is 6.07 Å². The highest BCUT2D eigenvalue weighted by Crippen LogP contribution is 2.31. The fourth-order valence-electron chi connectivity index (χ4n) is 2.57. The fourth-order valence-corrected chi connectivity index (χ4v) is 2.98. The Kier molecular flexibility index (Phi) is 5.39. The average Bonchev–Trinajstić information content (AvgIpc) is 2.42. The Morgan fingerprint density at radius 2 is 2.33 bits per heavy atom. The predicted molar refractivity (Wildman–Crippen MR) is 79.7 cm³/mol. The minimum absolute atomic E-state index is 0.527. The van der Waals surface area contributed by atoms with E-state index in [4.69, 9.17) is 4.74 Å². The molecule has 0 bridgehead atoms. The van der Waals surface area contributed by atoms with Crippen molar-refractivity contribution in [3.05, 3.63) is 29.3 Å². The lowest BCUT2D eigenvalue weighted by molar-refractivity contribution is 0.318. The van der Waals surface area contributed by atoms with Gasteiger partial charge >= 0.3 is 0 Å². The molecule has 1 aromatic rings. The van der Waals surface area contributed by atoms with E-state index < -0.39 is 0 Å². The van der Waals surface area contributed by atoms with Crippen LogP contribution in [0.4, 0.5) is 0 Å². The molecule has 1 aliphatic rings. The Morgan fingerprint density at radius 3 is 3.11 bits per heavy atom. The van der Waals surface area contributed by atoms with Crippen LogP contribution in [0.3, 0.4) is 0 Å². The molecule has 0 fully saturated rings. The molecule has 3 heteroatoms. The van der Waals surface area contributed by atoms with E-state index in [1.165, 1.54) is 36.1 Å². The van der Waals surface area contributed by atoms with Crippen molar-refractivity contribution in [3.63, 3.8) is 0 Å². The summed E-state index contributed by atoms with van der Waals surface area (Å²) in [6.07, 6.45) is 6.97. The van der Waals surface area contributed by atoms with Gasteiger partial charge in [0.25, 0.3) is 0 Å². The van der Waals surface area contributed by atoms with Gasteiger partial charge in [0.1, 0.15) is 5.75 Å². The van der Waals surface area contributed by atoms with Crippen molar-refractivity contribution in [3.8, 4) is 5.75 Å². The molecule has 0 aliphatic heterocycles. The topological polar surface area (TPSA) is 21.3 Å². The highest BCUT2D eigenvalue weighted by molar-refractivity contribution is 7.98. The summed E-state index contributed by atoms with van der Waals surface area (Å²) >= 11 is 1.87. The zero-order valence-corrected chi connectivity index (χ0v) is 12.2. The molecule has 100 valence electrons. The maximum Gasteiger partial charge on any atom is 0.119 e. The normalized spacial score (nSPS) is 18.4. The molecule has 18 heavy (non-hydrogen) atoms. The minimum atomic E-state index is 0.527. The summed E-state index contributed by atoms with van der Waals surface area (Å²) in [7, 11) is 2.05. The molecule has 0 saturated carbocycles. The summed E-state index contributed by atoms with van der Waals surface area (Å²) in [5.41, 5.74) is 2.92. The number of rotatable bonds is 6. The number of fused-ring (bicyclic) bond motifs is 1. The van der Waals surface area contributed by atoms with Gasteiger partial charge in [0.15, 0.2) is 0 Å². The summed E-state index contributed by atoms with van der Waals surface area (Å²) in [6, 6.07) is 7.12. The summed E-state index contributed by atoms with van der Waals surface area (Å²) in [5.74, 6) is 2.21. The van der Waals surface area contributed by atoms with Crippen LogP contribution in [0.2, 0.25) is 0 Å². The van der Waals surface area contributed by atoms with Gasteiger partial charge in [-0.15, -0.1) is 0 Å². The first-order valence-corrected chi connectivity index (χ1v) is 8.16. The standard InChI is InChI=1S/C15H23NOS/c1-16-15-6-3-5-12-11-13(7-8-14(12)15)17-9-4-10-18-2/h7-8,11,15-16H,3-6,9-10H2,1-2H3. The molecular formula is C15H23NOS. The van der Waals surface area contributed by atoms with Crippen molar-refractivity contribution < 1.29 is 4.74 Å². The highest BCUT2D eigenvalue weighted by atomic mass is 32.2.